The molecule has 0 aromatic heterocycles. The Balaban J connectivity index is 2.73. The highest BCUT2D eigenvalue weighted by Gasteiger charge is 2.30. The number of rotatable bonds is 3. The molecule has 0 aliphatic carbocycles. The van der Waals surface area contributed by atoms with Crippen LogP contribution >= 0.6 is 0 Å². The maximum atomic E-state index is 11.9. The highest BCUT2D eigenvalue weighted by molar-refractivity contribution is 7.86. The molecule has 0 amide bonds. The first-order valence-corrected chi connectivity index (χ1v) is 6.46. The number of piperidine rings is 1. The Labute approximate surface area is 91.5 Å². The maximum absolute atomic E-state index is 11.9. The van der Waals surface area contributed by atoms with E-state index < -0.39 is 10.2 Å². The van der Waals surface area contributed by atoms with Crippen LogP contribution < -0.4 is 0 Å². The van der Waals surface area contributed by atoms with Crippen LogP contribution in [-0.2, 0) is 10.2 Å². The van der Waals surface area contributed by atoms with Gasteiger partial charge in [-0.05, 0) is 18.8 Å². The molecule has 0 saturated carbocycles. The van der Waals surface area contributed by atoms with Gasteiger partial charge < -0.3 is 0 Å². The van der Waals surface area contributed by atoms with E-state index in [4.69, 9.17) is 5.26 Å². The molecular weight excluding hydrogens is 214 g/mol. The summed E-state index contributed by atoms with van der Waals surface area (Å²) in [6, 6.07) is 1.84. The molecule has 1 rings (SSSR count). The van der Waals surface area contributed by atoms with Crippen LogP contribution in [-0.4, -0.2) is 43.7 Å². The van der Waals surface area contributed by atoms with Crippen LogP contribution in [0.3, 0.4) is 0 Å². The molecule has 15 heavy (non-hydrogen) atoms. The lowest BCUT2D eigenvalue weighted by Gasteiger charge is -2.32. The van der Waals surface area contributed by atoms with E-state index in [0.29, 0.717) is 19.0 Å². The number of hydrogen-bond donors (Lipinski definition) is 0. The second-order valence-corrected chi connectivity index (χ2v) is 6.06. The summed E-state index contributed by atoms with van der Waals surface area (Å²) >= 11 is 0. The second-order valence-electron chi connectivity index (χ2n) is 4.03. The zero-order chi connectivity index (χ0) is 11.5. The molecule has 1 fully saturated rings. The Hall–Kier alpha value is -0.640. The highest BCUT2D eigenvalue weighted by atomic mass is 32.2. The van der Waals surface area contributed by atoms with Crippen molar-refractivity contribution in [3.8, 4) is 6.07 Å². The fraction of sp³-hybridized carbons (Fsp3) is 0.889. The minimum atomic E-state index is -3.41. The second kappa shape index (κ2) is 4.92. The Morgan fingerprint density at radius 3 is 2.80 bits per heavy atom. The van der Waals surface area contributed by atoms with Gasteiger partial charge in [0.05, 0.1) is 6.07 Å². The SMILES string of the molecule is CC1CCCN(S(=O)(=O)N(C)CC#N)C1. The quantitative estimate of drug-likeness (QED) is 0.661. The molecule has 0 aromatic rings. The van der Waals surface area contributed by atoms with Crippen molar-refractivity contribution in [2.75, 3.05) is 26.7 Å². The number of nitriles is 1. The molecule has 1 atom stereocenters. The van der Waals surface area contributed by atoms with Crippen LogP contribution in [0.15, 0.2) is 0 Å². The van der Waals surface area contributed by atoms with E-state index in [-0.39, 0.29) is 6.54 Å². The number of nitrogens with zero attached hydrogens (tertiary/aromatic N) is 3. The topological polar surface area (TPSA) is 64.4 Å². The molecule has 6 heteroatoms. The molecule has 1 unspecified atom stereocenters. The van der Waals surface area contributed by atoms with E-state index in [1.807, 2.05) is 13.0 Å². The lowest BCUT2D eigenvalue weighted by Crippen LogP contribution is -2.46. The van der Waals surface area contributed by atoms with E-state index in [9.17, 15) is 8.42 Å². The average molecular weight is 231 g/mol. The first kappa shape index (κ1) is 12.4. The van der Waals surface area contributed by atoms with E-state index >= 15 is 0 Å². The van der Waals surface area contributed by atoms with Crippen molar-refractivity contribution in [2.24, 2.45) is 5.92 Å². The average Bonchev–Trinajstić information content (AvgIpc) is 2.18. The monoisotopic (exact) mass is 231 g/mol. The van der Waals surface area contributed by atoms with Gasteiger partial charge in [-0.3, -0.25) is 0 Å². The van der Waals surface area contributed by atoms with Crippen molar-refractivity contribution < 1.29 is 8.42 Å². The van der Waals surface area contributed by atoms with Crippen molar-refractivity contribution in [3.63, 3.8) is 0 Å². The summed E-state index contributed by atoms with van der Waals surface area (Å²) in [6.45, 7) is 3.10. The number of hydrogen-bond acceptors (Lipinski definition) is 3. The molecular formula is C9H17N3O2S. The first-order valence-electron chi connectivity index (χ1n) is 5.07. The summed E-state index contributed by atoms with van der Waals surface area (Å²) in [5.41, 5.74) is 0. The molecule has 0 spiro atoms. The third-order valence-electron chi connectivity index (χ3n) is 2.63. The van der Waals surface area contributed by atoms with Crippen LogP contribution in [0.2, 0.25) is 0 Å². The predicted molar refractivity (Wildman–Crippen MR) is 57.1 cm³/mol. The summed E-state index contributed by atoms with van der Waals surface area (Å²) < 4.78 is 26.4. The van der Waals surface area contributed by atoms with Crippen LogP contribution in [0, 0.1) is 17.2 Å². The first-order chi connectivity index (χ1) is 6.98. The van der Waals surface area contributed by atoms with Crippen LogP contribution in [0.1, 0.15) is 19.8 Å². The van der Waals surface area contributed by atoms with Gasteiger partial charge in [0, 0.05) is 20.1 Å². The normalized spacial score (nSPS) is 24.0. The van der Waals surface area contributed by atoms with Gasteiger partial charge in [0.25, 0.3) is 10.2 Å². The fourth-order valence-corrected chi connectivity index (χ4v) is 3.15. The summed E-state index contributed by atoms with van der Waals surface area (Å²) in [6.07, 6.45) is 1.98. The van der Waals surface area contributed by atoms with Crippen molar-refractivity contribution in [1.82, 2.24) is 8.61 Å². The molecule has 0 aromatic carbocycles. The van der Waals surface area contributed by atoms with Crippen LogP contribution in [0.4, 0.5) is 0 Å². The Bertz CT molecular complexity index is 347. The smallest absolute Gasteiger partial charge is 0.197 e. The largest absolute Gasteiger partial charge is 0.282 e. The fourth-order valence-electron chi connectivity index (χ4n) is 1.73. The third kappa shape index (κ3) is 2.91. The predicted octanol–water partition coefficient (Wildman–Crippen LogP) is 0.418. The van der Waals surface area contributed by atoms with Gasteiger partial charge in [0.15, 0.2) is 0 Å². The minimum Gasteiger partial charge on any atom is -0.197 e. The molecule has 1 saturated heterocycles. The molecule has 0 bridgehead atoms. The van der Waals surface area contributed by atoms with Crippen molar-refractivity contribution in [1.29, 1.82) is 5.26 Å². The van der Waals surface area contributed by atoms with Gasteiger partial charge in [-0.1, -0.05) is 6.92 Å². The van der Waals surface area contributed by atoms with Gasteiger partial charge in [0.2, 0.25) is 0 Å². The molecule has 86 valence electrons. The standard InChI is InChI=1S/C9H17N3O2S/c1-9-4-3-6-12(8-9)15(13,14)11(2)7-5-10/h9H,3-4,6-8H2,1-2H3. The van der Waals surface area contributed by atoms with E-state index in [1.165, 1.54) is 11.4 Å². The maximum Gasteiger partial charge on any atom is 0.282 e. The minimum absolute atomic E-state index is 0.0901. The Morgan fingerprint density at radius 2 is 2.27 bits per heavy atom. The molecule has 0 N–H and O–H groups in total. The Morgan fingerprint density at radius 1 is 1.60 bits per heavy atom. The summed E-state index contributed by atoms with van der Waals surface area (Å²) in [5.74, 6) is 0.406. The van der Waals surface area contributed by atoms with Crippen molar-refractivity contribution >= 4 is 10.2 Å². The van der Waals surface area contributed by atoms with Gasteiger partial charge >= 0.3 is 0 Å². The molecule has 1 aliphatic heterocycles. The van der Waals surface area contributed by atoms with E-state index in [0.717, 1.165) is 17.1 Å². The zero-order valence-electron chi connectivity index (χ0n) is 9.18. The van der Waals surface area contributed by atoms with Crippen molar-refractivity contribution in [2.45, 2.75) is 19.8 Å². The molecule has 0 radical (unpaired) electrons. The van der Waals surface area contributed by atoms with Gasteiger partial charge in [0.1, 0.15) is 6.54 Å². The van der Waals surface area contributed by atoms with Gasteiger partial charge in [-0.2, -0.15) is 22.3 Å². The van der Waals surface area contributed by atoms with Crippen molar-refractivity contribution in [3.05, 3.63) is 0 Å². The summed E-state index contributed by atoms with van der Waals surface area (Å²) in [5, 5.41) is 8.48. The third-order valence-corrected chi connectivity index (χ3v) is 4.53. The lowest BCUT2D eigenvalue weighted by molar-refractivity contribution is 0.266. The zero-order valence-corrected chi connectivity index (χ0v) is 10.00. The molecule has 1 heterocycles. The van der Waals surface area contributed by atoms with E-state index in [1.54, 1.807) is 0 Å². The van der Waals surface area contributed by atoms with E-state index in [2.05, 4.69) is 0 Å². The van der Waals surface area contributed by atoms with Crippen LogP contribution in [0.5, 0.6) is 0 Å². The van der Waals surface area contributed by atoms with Gasteiger partial charge in [-0.25, -0.2) is 0 Å². The summed E-state index contributed by atoms with van der Waals surface area (Å²) in [4.78, 5) is 0. The molecule has 1 aliphatic rings. The Kier molecular flexibility index (Phi) is 4.08. The van der Waals surface area contributed by atoms with Crippen LogP contribution in [0.25, 0.3) is 0 Å². The van der Waals surface area contributed by atoms with Gasteiger partial charge in [-0.15, -0.1) is 0 Å². The lowest BCUT2D eigenvalue weighted by atomic mass is 10.0. The molecule has 5 nitrogen and oxygen atoms in total. The highest BCUT2D eigenvalue weighted by Crippen LogP contribution is 2.19. The summed E-state index contributed by atoms with van der Waals surface area (Å²) in [7, 11) is -1.97.